The average Bonchev–Trinajstić information content (AvgIpc) is 2.67. The molecule has 1 aliphatic rings. The molecule has 150 valence electrons. The molecule has 2 aromatic carbocycles. The Labute approximate surface area is 167 Å². The van der Waals surface area contributed by atoms with E-state index in [4.69, 9.17) is 31.2 Å². The summed E-state index contributed by atoms with van der Waals surface area (Å²) >= 11 is 5.09. The number of benzene rings is 2. The molecule has 0 unspecified atom stereocenters. The predicted octanol–water partition coefficient (Wildman–Crippen LogP) is 2.73. The van der Waals surface area contributed by atoms with Gasteiger partial charge in [0.1, 0.15) is 23.4 Å². The lowest BCUT2D eigenvalue weighted by atomic mass is 10.00. The van der Waals surface area contributed by atoms with Crippen molar-refractivity contribution in [2.75, 3.05) is 0 Å². The third kappa shape index (κ3) is 4.96. The number of hydrogen-bond donors (Lipinski definition) is 2. The van der Waals surface area contributed by atoms with E-state index in [-0.39, 0.29) is 5.24 Å². The zero-order valence-corrected chi connectivity index (χ0v) is 16.1. The summed E-state index contributed by atoms with van der Waals surface area (Å²) in [5.41, 5.74) is 1.06. The smallest absolute Gasteiger partial charge is 0.358 e. The van der Waals surface area contributed by atoms with Crippen molar-refractivity contribution in [1.82, 2.24) is 0 Å². The number of aliphatic hydroxyl groups is 2. The van der Waals surface area contributed by atoms with Gasteiger partial charge in [0, 0.05) is 12.2 Å². The number of rotatable bonds is 4. The molecular weight excluding hydrogens is 387 g/mol. The Balaban J connectivity index is 1.66. The molecule has 0 amide bonds. The highest BCUT2D eigenvalue weighted by atomic mass is 32.1. The Morgan fingerprint density at radius 2 is 1.61 bits per heavy atom. The lowest BCUT2D eigenvalue weighted by molar-refractivity contribution is -0.266. The summed E-state index contributed by atoms with van der Waals surface area (Å²) in [6.07, 6.45) is -5.51. The molecule has 0 radical (unpaired) electrons. The zero-order valence-electron chi connectivity index (χ0n) is 15.3. The second kappa shape index (κ2) is 8.83. The van der Waals surface area contributed by atoms with Crippen molar-refractivity contribution in [2.24, 2.45) is 0 Å². The largest absolute Gasteiger partial charge is 0.462 e. The van der Waals surface area contributed by atoms with Crippen LogP contribution in [-0.4, -0.2) is 46.2 Å². The average molecular weight is 408 g/mol. The Kier molecular flexibility index (Phi) is 6.46. The summed E-state index contributed by atoms with van der Waals surface area (Å²) < 4.78 is 35.1. The summed E-state index contributed by atoms with van der Waals surface area (Å²) in [6, 6.07) is 12.4. The predicted molar refractivity (Wildman–Crippen MR) is 103 cm³/mol. The molecule has 0 bridgehead atoms. The fourth-order valence-corrected chi connectivity index (χ4v) is 2.93. The van der Waals surface area contributed by atoms with Crippen LogP contribution in [0.3, 0.4) is 0 Å². The molecule has 3 rings (SSSR count). The van der Waals surface area contributed by atoms with E-state index >= 15 is 0 Å². The molecule has 0 saturated carbocycles. The van der Waals surface area contributed by atoms with Gasteiger partial charge < -0.3 is 29.2 Å². The summed E-state index contributed by atoms with van der Waals surface area (Å²) in [6.45, 7) is 3.55. The van der Waals surface area contributed by atoms with Gasteiger partial charge >= 0.3 is 5.24 Å². The number of halogens is 1. The van der Waals surface area contributed by atoms with Crippen LogP contribution in [0.1, 0.15) is 12.5 Å². The maximum absolute atomic E-state index is 13.0. The van der Waals surface area contributed by atoms with Crippen LogP contribution in [0.15, 0.2) is 48.5 Å². The van der Waals surface area contributed by atoms with Gasteiger partial charge in [0.15, 0.2) is 12.2 Å². The summed E-state index contributed by atoms with van der Waals surface area (Å²) in [7, 11) is 0. The van der Waals surface area contributed by atoms with Gasteiger partial charge in [-0.1, -0.05) is 17.7 Å². The van der Waals surface area contributed by atoms with Crippen LogP contribution < -0.4 is 9.47 Å². The van der Waals surface area contributed by atoms with Crippen molar-refractivity contribution in [1.29, 1.82) is 0 Å². The highest BCUT2D eigenvalue weighted by Gasteiger charge is 2.46. The van der Waals surface area contributed by atoms with Crippen LogP contribution in [0.4, 0.5) is 4.39 Å². The number of ether oxygens (including phenoxy) is 4. The third-order valence-corrected chi connectivity index (χ3v) is 4.48. The van der Waals surface area contributed by atoms with Crippen molar-refractivity contribution in [3.8, 4) is 11.5 Å². The standard InChI is InChI=1S/C20H21FO6S/c1-11-3-7-15(8-4-11)26-20(28)27-18-16(22)12(2)24-19(17(18)23)25-14-9-5-13(21)6-10-14/h3-10,12,16-19,22-23H,1-2H3/t12-,16-,17+,18+,19+/m0/s1. The van der Waals surface area contributed by atoms with Gasteiger partial charge in [0.25, 0.3) is 0 Å². The second-order valence-electron chi connectivity index (χ2n) is 6.51. The van der Waals surface area contributed by atoms with E-state index in [0.29, 0.717) is 11.5 Å². The Hall–Kier alpha value is -2.26. The van der Waals surface area contributed by atoms with Gasteiger partial charge in [-0.05, 0) is 50.2 Å². The number of thiocarbonyl (C=S) groups is 1. The van der Waals surface area contributed by atoms with Crippen molar-refractivity contribution in [3.63, 3.8) is 0 Å². The molecule has 2 aromatic rings. The van der Waals surface area contributed by atoms with Crippen LogP contribution in [0, 0.1) is 12.7 Å². The molecule has 0 aliphatic carbocycles. The van der Waals surface area contributed by atoms with E-state index in [2.05, 4.69) is 0 Å². The maximum Gasteiger partial charge on any atom is 0.358 e. The molecule has 1 heterocycles. The normalized spacial score (nSPS) is 27.1. The first-order valence-electron chi connectivity index (χ1n) is 8.72. The quantitative estimate of drug-likeness (QED) is 0.754. The monoisotopic (exact) mass is 408 g/mol. The van der Waals surface area contributed by atoms with E-state index in [9.17, 15) is 14.6 Å². The van der Waals surface area contributed by atoms with E-state index in [1.54, 1.807) is 19.1 Å². The Bertz CT molecular complexity index is 797. The number of hydrogen-bond acceptors (Lipinski definition) is 7. The van der Waals surface area contributed by atoms with Crippen molar-refractivity contribution < 1.29 is 33.6 Å². The molecule has 28 heavy (non-hydrogen) atoms. The molecule has 1 saturated heterocycles. The highest BCUT2D eigenvalue weighted by Crippen LogP contribution is 2.27. The van der Waals surface area contributed by atoms with E-state index in [1.807, 2.05) is 19.1 Å². The SMILES string of the molecule is Cc1ccc(OC(=S)O[C@@H]2[C@@H](O)[C@H](C)O[C@H](Oc3ccc(F)cc3)[C@@H]2O)cc1. The highest BCUT2D eigenvalue weighted by molar-refractivity contribution is 7.79. The third-order valence-electron chi connectivity index (χ3n) is 4.30. The van der Waals surface area contributed by atoms with Gasteiger partial charge in [-0.15, -0.1) is 0 Å². The molecule has 1 fully saturated rings. The lowest BCUT2D eigenvalue weighted by Gasteiger charge is -2.40. The first-order valence-corrected chi connectivity index (χ1v) is 9.13. The molecule has 6 nitrogen and oxygen atoms in total. The van der Waals surface area contributed by atoms with Crippen LogP contribution in [0.2, 0.25) is 0 Å². The lowest BCUT2D eigenvalue weighted by Crippen LogP contribution is -2.59. The van der Waals surface area contributed by atoms with Gasteiger partial charge in [-0.2, -0.15) is 0 Å². The fourth-order valence-electron chi connectivity index (χ4n) is 2.72. The van der Waals surface area contributed by atoms with Crippen LogP contribution >= 0.6 is 12.2 Å². The van der Waals surface area contributed by atoms with Crippen molar-refractivity contribution in [2.45, 2.75) is 44.6 Å². The molecule has 0 spiro atoms. The summed E-state index contributed by atoms with van der Waals surface area (Å²) in [5, 5.41) is 20.7. The fraction of sp³-hybridized carbons (Fsp3) is 0.350. The van der Waals surface area contributed by atoms with Gasteiger partial charge in [0.2, 0.25) is 6.29 Å². The number of aryl methyl sites for hydroxylation is 1. The topological polar surface area (TPSA) is 77.4 Å². The minimum absolute atomic E-state index is 0.249. The molecular formula is C20H21FO6S. The summed E-state index contributed by atoms with van der Waals surface area (Å²) in [4.78, 5) is 0. The van der Waals surface area contributed by atoms with Crippen LogP contribution in [-0.2, 0) is 9.47 Å². The first kappa shape index (κ1) is 20.5. The molecule has 0 aromatic heterocycles. The molecule has 8 heteroatoms. The van der Waals surface area contributed by atoms with Crippen molar-refractivity contribution >= 4 is 17.5 Å². The maximum atomic E-state index is 13.0. The van der Waals surface area contributed by atoms with E-state index < -0.39 is 36.5 Å². The van der Waals surface area contributed by atoms with E-state index in [0.717, 1.165) is 5.56 Å². The minimum Gasteiger partial charge on any atom is -0.462 e. The zero-order chi connectivity index (χ0) is 20.3. The van der Waals surface area contributed by atoms with Crippen LogP contribution in [0.25, 0.3) is 0 Å². The number of aliphatic hydroxyl groups excluding tert-OH is 2. The van der Waals surface area contributed by atoms with Gasteiger partial charge in [0.05, 0.1) is 6.10 Å². The Morgan fingerprint density at radius 3 is 2.25 bits per heavy atom. The second-order valence-corrected chi connectivity index (χ2v) is 6.84. The minimum atomic E-state index is -1.36. The molecule has 1 aliphatic heterocycles. The van der Waals surface area contributed by atoms with Gasteiger partial charge in [-0.25, -0.2) is 4.39 Å². The molecule has 2 N–H and O–H groups in total. The van der Waals surface area contributed by atoms with E-state index in [1.165, 1.54) is 24.3 Å². The van der Waals surface area contributed by atoms with Crippen molar-refractivity contribution in [3.05, 3.63) is 59.9 Å². The first-order chi connectivity index (χ1) is 13.3. The van der Waals surface area contributed by atoms with Crippen LogP contribution in [0.5, 0.6) is 11.5 Å². The van der Waals surface area contributed by atoms with Gasteiger partial charge in [-0.3, -0.25) is 0 Å². The Morgan fingerprint density at radius 1 is 1.00 bits per heavy atom. The molecule has 5 atom stereocenters. The summed E-state index contributed by atoms with van der Waals surface area (Å²) in [5.74, 6) is 0.353.